The van der Waals surface area contributed by atoms with Gasteiger partial charge in [0.25, 0.3) is 35.4 Å². The van der Waals surface area contributed by atoms with Gasteiger partial charge in [-0.3, -0.25) is 38.6 Å². The summed E-state index contributed by atoms with van der Waals surface area (Å²) in [6.07, 6.45) is 0. The third kappa shape index (κ3) is 35.1. The molecular formula is C80H120N4O30. The first-order valence-corrected chi connectivity index (χ1v) is 39.4. The fourth-order valence-corrected chi connectivity index (χ4v) is 11.0. The molecule has 0 unspecified atom stereocenters. The van der Waals surface area contributed by atoms with E-state index in [2.05, 4.69) is 10.6 Å². The molecule has 0 spiro atoms. The largest absolute Gasteiger partial charge is 0.487 e. The van der Waals surface area contributed by atoms with Crippen molar-refractivity contribution >= 4 is 46.2 Å². The highest BCUT2D eigenvalue weighted by atomic mass is 16.6. The van der Waals surface area contributed by atoms with E-state index in [1.54, 1.807) is 0 Å². The van der Waals surface area contributed by atoms with Crippen LogP contribution in [0.1, 0.15) is 104 Å². The van der Waals surface area contributed by atoms with Gasteiger partial charge in [0.1, 0.15) is 39.6 Å². The molecule has 6 amide bonds. The summed E-state index contributed by atoms with van der Waals surface area (Å²) in [4.78, 5) is 88.6. The van der Waals surface area contributed by atoms with Crippen molar-refractivity contribution in [3.8, 4) is 34.5 Å². The molecule has 0 aliphatic carbocycles. The van der Waals surface area contributed by atoms with Crippen LogP contribution in [0.3, 0.4) is 0 Å². The molecule has 0 bridgehead atoms. The predicted molar refractivity (Wildman–Crippen MR) is 414 cm³/mol. The summed E-state index contributed by atoms with van der Waals surface area (Å²) >= 11 is 0. The zero-order valence-electron chi connectivity index (χ0n) is 67.3. The number of amides is 6. The van der Waals surface area contributed by atoms with Crippen molar-refractivity contribution in [1.82, 2.24) is 20.4 Å². The van der Waals surface area contributed by atoms with E-state index in [0.717, 1.165) is 9.80 Å². The average molecular weight is 1620 g/mol. The van der Waals surface area contributed by atoms with E-state index in [0.29, 0.717) is 172 Å². The molecule has 4 aromatic rings. The van der Waals surface area contributed by atoms with Crippen LogP contribution in [-0.4, -0.2) is 349 Å². The number of ether oxygens (including phenoxy) is 24. The Morgan fingerprint density at radius 3 is 0.623 bits per heavy atom. The molecule has 0 radical (unpaired) electrons. The molecule has 640 valence electrons. The molecule has 2 aliphatic rings. The van der Waals surface area contributed by atoms with Crippen LogP contribution in [0.5, 0.6) is 34.5 Å². The Kier molecular flexibility index (Phi) is 50.2. The van der Waals surface area contributed by atoms with Crippen molar-refractivity contribution in [2.24, 2.45) is 0 Å². The molecule has 0 aromatic heterocycles. The van der Waals surface area contributed by atoms with Crippen molar-refractivity contribution in [2.45, 2.75) is 41.5 Å². The number of benzene rings is 4. The SMILES string of the molecule is CCOCCOCCOCCOc1cc(C(=O)NCCN2C(=O)c3ccc4c5c(ccc(c35)C2=O)C(=O)N(CCNC(=O)c2cc(OCCOCCOCCOCC)c(OCCOCCOCCOCC)c(OCCOCCOCCOCC)c2)C4=O)cc(OCCOCCOCCOCC)c1OCCOCCOCCOCC. The van der Waals surface area contributed by atoms with Gasteiger partial charge in [-0.1, -0.05) is 0 Å². The molecule has 2 aliphatic heterocycles. The van der Waals surface area contributed by atoms with Crippen molar-refractivity contribution in [1.29, 1.82) is 0 Å². The molecule has 6 rings (SSSR count). The van der Waals surface area contributed by atoms with Crippen molar-refractivity contribution < 1.29 is 142 Å². The smallest absolute Gasteiger partial charge is 0.261 e. The molecule has 34 heteroatoms. The molecule has 0 atom stereocenters. The lowest BCUT2D eigenvalue weighted by Crippen LogP contribution is -2.46. The van der Waals surface area contributed by atoms with E-state index < -0.39 is 35.4 Å². The van der Waals surface area contributed by atoms with Crippen LogP contribution in [0.25, 0.3) is 10.8 Å². The quantitative estimate of drug-likeness (QED) is 0.0402. The highest BCUT2D eigenvalue weighted by Gasteiger charge is 2.40. The van der Waals surface area contributed by atoms with Gasteiger partial charge in [-0.15, -0.1) is 0 Å². The van der Waals surface area contributed by atoms with Crippen LogP contribution >= 0.6 is 0 Å². The number of carbonyl (C=O) groups is 6. The molecular weight excluding hydrogens is 1500 g/mol. The maximum absolute atomic E-state index is 14.5. The van der Waals surface area contributed by atoms with Crippen LogP contribution in [0.15, 0.2) is 48.5 Å². The topological polar surface area (TPSA) is 354 Å². The van der Waals surface area contributed by atoms with Crippen LogP contribution in [-0.2, 0) is 85.3 Å². The van der Waals surface area contributed by atoms with Gasteiger partial charge in [0.2, 0.25) is 11.5 Å². The van der Waals surface area contributed by atoms with Crippen LogP contribution < -0.4 is 39.1 Å². The van der Waals surface area contributed by atoms with Crippen molar-refractivity contribution in [2.75, 3.05) is 304 Å². The van der Waals surface area contributed by atoms with E-state index in [1.165, 1.54) is 48.5 Å². The summed E-state index contributed by atoms with van der Waals surface area (Å²) < 4.78 is 138. The van der Waals surface area contributed by atoms with E-state index in [1.807, 2.05) is 41.5 Å². The standard InChI is InChI=1S/C80H120N4O30/c1-7-91-21-27-97-33-39-103-45-51-109-67-57-61(58-68(110-52-46-104-40-34-98-28-22-92-8-2)73(67)113-55-49-107-43-37-101-31-25-95-11-5)75(85)81-17-19-83-77(87)63-13-15-65-72-66(16-14-64(71(63)72)78(83)88)80(90)84(79(65)89)20-18-82-76(86)62-59-69(111-53-47-105-41-35-99-29-23-93-9-3)74(114-56-50-108-44-38-102-32-26-96-12-6)70(60-62)112-54-48-106-42-36-100-30-24-94-10-4/h13-16,57-60H,7-12,17-56H2,1-6H3,(H,81,85)(H,82,86). The summed E-state index contributed by atoms with van der Waals surface area (Å²) in [5, 5.41) is 5.92. The lowest BCUT2D eigenvalue weighted by atomic mass is 9.86. The molecule has 0 fully saturated rings. The van der Waals surface area contributed by atoms with Gasteiger partial charge in [0.05, 0.1) is 198 Å². The van der Waals surface area contributed by atoms with Crippen LogP contribution in [0, 0.1) is 0 Å². The molecule has 2 N–H and O–H groups in total. The highest BCUT2D eigenvalue weighted by Crippen LogP contribution is 2.42. The zero-order chi connectivity index (χ0) is 81.3. The van der Waals surface area contributed by atoms with Gasteiger partial charge in [-0.25, -0.2) is 0 Å². The highest BCUT2D eigenvalue weighted by molar-refractivity contribution is 6.33. The second kappa shape index (κ2) is 60.0. The maximum Gasteiger partial charge on any atom is 0.261 e. The molecule has 4 aromatic carbocycles. The van der Waals surface area contributed by atoms with Gasteiger partial charge in [0.15, 0.2) is 23.0 Å². The second-order valence-corrected chi connectivity index (χ2v) is 24.3. The number of nitrogens with zero attached hydrogens (tertiary/aromatic N) is 2. The van der Waals surface area contributed by atoms with Gasteiger partial charge in [0, 0.05) is 110 Å². The maximum atomic E-state index is 14.5. The summed E-state index contributed by atoms with van der Waals surface area (Å²) in [5.41, 5.74) is 0.424. The predicted octanol–water partition coefficient (Wildman–Crippen LogP) is 5.58. The molecule has 0 saturated heterocycles. The Labute approximate surface area is 668 Å². The lowest BCUT2D eigenvalue weighted by Gasteiger charge is -2.32. The number of carbonyl (C=O) groups excluding carboxylic acids is 6. The summed E-state index contributed by atoms with van der Waals surface area (Å²) in [6.45, 7) is 24.3. The third-order valence-electron chi connectivity index (χ3n) is 16.4. The van der Waals surface area contributed by atoms with E-state index in [-0.39, 0.29) is 211 Å². The fourth-order valence-electron chi connectivity index (χ4n) is 11.0. The average Bonchev–Trinajstić information content (AvgIpc) is 0.713. The first-order chi connectivity index (χ1) is 56.0. The van der Waals surface area contributed by atoms with Gasteiger partial charge in [-0.2, -0.15) is 0 Å². The van der Waals surface area contributed by atoms with E-state index in [4.69, 9.17) is 114 Å². The zero-order valence-corrected chi connectivity index (χ0v) is 67.3. The third-order valence-corrected chi connectivity index (χ3v) is 16.4. The number of rotatable bonds is 74. The number of imide groups is 2. The minimum Gasteiger partial charge on any atom is -0.487 e. The Hall–Kier alpha value is -7.56. The van der Waals surface area contributed by atoms with Crippen LogP contribution in [0.2, 0.25) is 0 Å². The molecule has 2 heterocycles. The lowest BCUT2D eigenvalue weighted by molar-refractivity contribution is 0.00864. The van der Waals surface area contributed by atoms with Gasteiger partial charge >= 0.3 is 0 Å². The Balaban J connectivity index is 1.14. The summed E-state index contributed by atoms with van der Waals surface area (Å²) in [7, 11) is 0. The molecule has 114 heavy (non-hydrogen) atoms. The fraction of sp³-hybridized carbons (Fsp3) is 0.650. The van der Waals surface area contributed by atoms with Crippen molar-refractivity contribution in [3.63, 3.8) is 0 Å². The van der Waals surface area contributed by atoms with E-state index in [9.17, 15) is 28.8 Å². The minimum absolute atomic E-state index is 0.0356. The number of hydrogen-bond acceptors (Lipinski definition) is 30. The van der Waals surface area contributed by atoms with Gasteiger partial charge in [-0.05, 0) is 90.1 Å². The number of nitrogens with one attached hydrogen (secondary N) is 2. The summed E-state index contributed by atoms with van der Waals surface area (Å²) in [6, 6.07) is 11.7. The van der Waals surface area contributed by atoms with Crippen LogP contribution in [0.4, 0.5) is 0 Å². The number of hydrogen-bond donors (Lipinski definition) is 2. The molecule has 0 saturated carbocycles. The van der Waals surface area contributed by atoms with Crippen molar-refractivity contribution in [3.05, 3.63) is 81.9 Å². The normalized spacial score (nSPS) is 12.5. The first-order valence-electron chi connectivity index (χ1n) is 39.4. The van der Waals surface area contributed by atoms with Gasteiger partial charge < -0.3 is 124 Å². The minimum atomic E-state index is -0.715. The Bertz CT molecular complexity index is 3010. The monoisotopic (exact) mass is 1620 g/mol. The first kappa shape index (κ1) is 95.3. The molecule has 34 nitrogen and oxygen atoms in total. The summed E-state index contributed by atoms with van der Waals surface area (Å²) in [5.74, 6) is -3.14. The Morgan fingerprint density at radius 1 is 0.254 bits per heavy atom. The van der Waals surface area contributed by atoms with E-state index >= 15 is 0 Å². The Morgan fingerprint density at radius 2 is 0.430 bits per heavy atom. The second-order valence-electron chi connectivity index (χ2n) is 24.3.